The molecule has 170 valence electrons. The summed E-state index contributed by atoms with van der Waals surface area (Å²) in [7, 11) is 0. The Balaban J connectivity index is 1.46. The Labute approximate surface area is 188 Å². The summed E-state index contributed by atoms with van der Waals surface area (Å²) in [5.74, 6) is 0.124. The zero-order valence-corrected chi connectivity index (χ0v) is 19.0. The van der Waals surface area contributed by atoms with Crippen LogP contribution in [0.2, 0.25) is 0 Å². The van der Waals surface area contributed by atoms with Crippen LogP contribution in [0.3, 0.4) is 0 Å². The van der Waals surface area contributed by atoms with Crippen molar-refractivity contribution in [3.8, 4) is 0 Å². The minimum atomic E-state index is -0.635. The Morgan fingerprint density at radius 1 is 1.06 bits per heavy atom. The van der Waals surface area contributed by atoms with E-state index in [2.05, 4.69) is 10.6 Å². The van der Waals surface area contributed by atoms with Gasteiger partial charge in [0, 0.05) is 43.0 Å². The molecule has 32 heavy (non-hydrogen) atoms. The molecule has 0 aliphatic carbocycles. The number of aromatic nitrogens is 1. The van der Waals surface area contributed by atoms with E-state index in [0.29, 0.717) is 19.6 Å². The topological polar surface area (TPSA) is 83.4 Å². The molecule has 2 aromatic rings. The third-order valence-electron chi connectivity index (χ3n) is 6.65. The molecular weight excluding hydrogens is 404 g/mol. The number of fused-ring (bicyclic) bond motifs is 4. The highest BCUT2D eigenvalue weighted by atomic mass is 16.2. The average Bonchev–Trinajstić information content (AvgIpc) is 2.78. The maximum Gasteiger partial charge on any atom is 0.318 e. The van der Waals surface area contributed by atoms with Gasteiger partial charge in [-0.15, -0.1) is 0 Å². The van der Waals surface area contributed by atoms with Gasteiger partial charge in [0.25, 0.3) is 5.56 Å². The number of pyridine rings is 1. The second-order valence-electron chi connectivity index (χ2n) is 9.27. The Hall–Kier alpha value is -3.09. The predicted molar refractivity (Wildman–Crippen MR) is 125 cm³/mol. The van der Waals surface area contributed by atoms with Gasteiger partial charge >= 0.3 is 6.03 Å². The van der Waals surface area contributed by atoms with Crippen LogP contribution in [0.4, 0.5) is 10.5 Å². The lowest BCUT2D eigenvalue weighted by atomic mass is 9.83. The molecule has 0 spiro atoms. The standard InChI is InChI=1S/C25H32N4O3/c1-4-18-8-5-6-9-20(18)26-24(31)23(16(2)3)27-25(32)28-13-17-12-19(15-28)21-10-7-11-22(30)29(21)14-17/h5-11,16-17,19,23H,4,12-15H2,1-3H3,(H,26,31)(H,27,32). The fourth-order valence-electron chi connectivity index (χ4n) is 4.98. The molecule has 3 unspecified atom stereocenters. The number of carbonyl (C=O) groups is 2. The normalized spacial score (nSPS) is 20.4. The lowest BCUT2D eigenvalue weighted by Gasteiger charge is -2.43. The molecule has 2 bridgehead atoms. The second-order valence-corrected chi connectivity index (χ2v) is 9.27. The van der Waals surface area contributed by atoms with E-state index in [4.69, 9.17) is 0 Å². The largest absolute Gasteiger partial charge is 0.326 e. The number of benzene rings is 1. The number of likely N-dealkylation sites (tertiary alicyclic amines) is 1. The van der Waals surface area contributed by atoms with E-state index in [-0.39, 0.29) is 35.3 Å². The Bertz CT molecular complexity index is 1060. The van der Waals surface area contributed by atoms with Gasteiger partial charge in [0.2, 0.25) is 5.91 Å². The highest BCUT2D eigenvalue weighted by molar-refractivity contribution is 5.97. The van der Waals surface area contributed by atoms with E-state index in [1.165, 1.54) is 0 Å². The van der Waals surface area contributed by atoms with Crippen molar-refractivity contribution < 1.29 is 9.59 Å². The number of anilines is 1. The number of aryl methyl sites for hydroxylation is 1. The molecule has 1 saturated heterocycles. The van der Waals surface area contributed by atoms with Crippen LogP contribution >= 0.6 is 0 Å². The minimum absolute atomic E-state index is 0.0269. The van der Waals surface area contributed by atoms with Crippen LogP contribution in [0.25, 0.3) is 0 Å². The molecule has 1 aromatic heterocycles. The molecular formula is C25H32N4O3. The molecule has 2 N–H and O–H groups in total. The lowest BCUT2D eigenvalue weighted by molar-refractivity contribution is -0.118. The zero-order chi connectivity index (χ0) is 22.8. The summed E-state index contributed by atoms with van der Waals surface area (Å²) in [5, 5.41) is 5.97. The van der Waals surface area contributed by atoms with E-state index in [1.807, 2.05) is 60.6 Å². The predicted octanol–water partition coefficient (Wildman–Crippen LogP) is 3.20. The van der Waals surface area contributed by atoms with Gasteiger partial charge < -0.3 is 20.1 Å². The molecule has 4 rings (SSSR count). The number of amides is 3. The van der Waals surface area contributed by atoms with Crippen LogP contribution in [0.15, 0.2) is 47.3 Å². The van der Waals surface area contributed by atoms with Crippen molar-refractivity contribution in [2.24, 2.45) is 11.8 Å². The monoisotopic (exact) mass is 436 g/mol. The van der Waals surface area contributed by atoms with Gasteiger partial charge in [-0.05, 0) is 42.4 Å². The van der Waals surface area contributed by atoms with Crippen molar-refractivity contribution in [1.29, 1.82) is 0 Å². The SMILES string of the molecule is CCc1ccccc1NC(=O)C(NC(=O)N1CC2CC(C1)c1cccc(=O)n1C2)C(C)C. The third-order valence-corrected chi connectivity index (χ3v) is 6.65. The van der Waals surface area contributed by atoms with Gasteiger partial charge in [0.15, 0.2) is 0 Å². The number of hydrogen-bond acceptors (Lipinski definition) is 3. The van der Waals surface area contributed by atoms with Crippen LogP contribution in [0.5, 0.6) is 0 Å². The van der Waals surface area contributed by atoms with E-state index in [0.717, 1.165) is 29.8 Å². The highest BCUT2D eigenvalue weighted by Crippen LogP contribution is 2.35. The van der Waals surface area contributed by atoms with Crippen molar-refractivity contribution in [2.45, 2.75) is 52.1 Å². The Kier molecular flexibility index (Phi) is 6.35. The van der Waals surface area contributed by atoms with Crippen molar-refractivity contribution >= 4 is 17.6 Å². The number of urea groups is 1. The molecule has 1 aromatic carbocycles. The van der Waals surface area contributed by atoms with E-state index >= 15 is 0 Å². The number of nitrogens with zero attached hydrogens (tertiary/aromatic N) is 2. The summed E-state index contributed by atoms with van der Waals surface area (Å²) in [6.07, 6.45) is 1.80. The van der Waals surface area contributed by atoms with Gasteiger partial charge in [-0.1, -0.05) is 45.0 Å². The van der Waals surface area contributed by atoms with Crippen LogP contribution in [-0.2, 0) is 17.8 Å². The second kappa shape index (κ2) is 9.18. The first-order valence-electron chi connectivity index (χ1n) is 11.5. The number of para-hydroxylation sites is 1. The molecule has 1 fully saturated rings. The van der Waals surface area contributed by atoms with E-state index in [9.17, 15) is 14.4 Å². The quantitative estimate of drug-likeness (QED) is 0.755. The molecule has 2 aliphatic heterocycles. The van der Waals surface area contributed by atoms with Gasteiger partial charge in [0.05, 0.1) is 0 Å². The maximum atomic E-state index is 13.2. The Morgan fingerprint density at radius 2 is 1.84 bits per heavy atom. The number of rotatable bonds is 5. The summed E-state index contributed by atoms with van der Waals surface area (Å²) in [5.41, 5.74) is 2.88. The first kappa shape index (κ1) is 22.1. The van der Waals surface area contributed by atoms with Gasteiger partial charge in [-0.3, -0.25) is 9.59 Å². The third kappa shape index (κ3) is 4.42. The zero-order valence-electron chi connectivity index (χ0n) is 19.0. The first-order chi connectivity index (χ1) is 15.4. The molecule has 3 amide bonds. The van der Waals surface area contributed by atoms with Gasteiger partial charge in [-0.2, -0.15) is 0 Å². The Morgan fingerprint density at radius 3 is 2.59 bits per heavy atom. The minimum Gasteiger partial charge on any atom is -0.326 e. The summed E-state index contributed by atoms with van der Waals surface area (Å²) >= 11 is 0. The van der Waals surface area contributed by atoms with E-state index < -0.39 is 6.04 Å². The summed E-state index contributed by atoms with van der Waals surface area (Å²) in [6, 6.07) is 12.3. The van der Waals surface area contributed by atoms with Crippen molar-refractivity contribution in [3.05, 3.63) is 64.1 Å². The molecule has 3 atom stereocenters. The maximum absolute atomic E-state index is 13.2. The smallest absolute Gasteiger partial charge is 0.318 e. The number of hydrogen-bond donors (Lipinski definition) is 2. The molecule has 0 saturated carbocycles. The summed E-state index contributed by atoms with van der Waals surface area (Å²) in [6.45, 7) is 7.70. The highest BCUT2D eigenvalue weighted by Gasteiger charge is 2.37. The molecule has 0 radical (unpaired) electrons. The van der Waals surface area contributed by atoms with Gasteiger partial charge in [0.1, 0.15) is 6.04 Å². The summed E-state index contributed by atoms with van der Waals surface area (Å²) in [4.78, 5) is 40.3. The van der Waals surface area contributed by atoms with Crippen LogP contribution in [0, 0.1) is 11.8 Å². The molecule has 7 nitrogen and oxygen atoms in total. The van der Waals surface area contributed by atoms with Crippen LogP contribution in [0.1, 0.15) is 44.4 Å². The summed E-state index contributed by atoms with van der Waals surface area (Å²) < 4.78 is 1.85. The molecule has 7 heteroatoms. The molecule has 3 heterocycles. The van der Waals surface area contributed by atoms with Crippen molar-refractivity contribution in [3.63, 3.8) is 0 Å². The number of nitrogens with one attached hydrogen (secondary N) is 2. The van der Waals surface area contributed by atoms with Crippen LogP contribution in [-0.4, -0.2) is 40.5 Å². The fraction of sp³-hybridized carbons (Fsp3) is 0.480. The van der Waals surface area contributed by atoms with Crippen molar-refractivity contribution in [1.82, 2.24) is 14.8 Å². The first-order valence-corrected chi connectivity index (χ1v) is 11.5. The molecule has 2 aliphatic rings. The van der Waals surface area contributed by atoms with Gasteiger partial charge in [-0.25, -0.2) is 4.79 Å². The number of piperidine rings is 1. The lowest BCUT2D eigenvalue weighted by Crippen LogP contribution is -2.56. The van der Waals surface area contributed by atoms with Crippen LogP contribution < -0.4 is 16.2 Å². The fourth-order valence-corrected chi connectivity index (χ4v) is 4.98. The van der Waals surface area contributed by atoms with Crippen molar-refractivity contribution in [2.75, 3.05) is 18.4 Å². The number of carbonyl (C=O) groups excluding carboxylic acids is 2. The average molecular weight is 437 g/mol. The van der Waals surface area contributed by atoms with E-state index in [1.54, 1.807) is 12.1 Å².